The predicted molar refractivity (Wildman–Crippen MR) is 105 cm³/mol. The molecule has 138 valence electrons. The van der Waals surface area contributed by atoms with Crippen LogP contribution in [-0.4, -0.2) is 31.0 Å². The van der Waals surface area contributed by atoms with E-state index in [1.807, 2.05) is 24.3 Å². The summed E-state index contributed by atoms with van der Waals surface area (Å²) in [6.07, 6.45) is 2.73. The highest BCUT2D eigenvalue weighted by Gasteiger charge is 2.25. The zero-order chi connectivity index (χ0) is 18.4. The fourth-order valence-electron chi connectivity index (χ4n) is 3.66. The molecule has 1 N–H and O–H groups in total. The number of hydrogen-bond acceptors (Lipinski definition) is 3. The highest BCUT2D eigenvalue weighted by Crippen LogP contribution is 2.28. The van der Waals surface area contributed by atoms with Crippen LogP contribution >= 0.6 is 0 Å². The Morgan fingerprint density at radius 2 is 1.88 bits per heavy atom. The summed E-state index contributed by atoms with van der Waals surface area (Å²) in [7, 11) is 1.63. The SMILES string of the molecule is COc1cccc(NC(=O)CC2CCN(C(C)c3ccccc3)CC2)c1. The van der Waals surface area contributed by atoms with Crippen molar-refractivity contribution >= 4 is 11.6 Å². The molecule has 0 radical (unpaired) electrons. The third kappa shape index (κ3) is 4.85. The average Bonchev–Trinajstić information content (AvgIpc) is 2.69. The normalized spacial score (nSPS) is 16.8. The van der Waals surface area contributed by atoms with E-state index in [1.165, 1.54) is 5.56 Å². The second-order valence-corrected chi connectivity index (χ2v) is 7.05. The third-order valence-electron chi connectivity index (χ3n) is 5.31. The molecular formula is C22H28N2O2. The molecule has 1 aliphatic rings. The molecule has 1 aliphatic heterocycles. The van der Waals surface area contributed by atoms with Gasteiger partial charge in [0, 0.05) is 24.2 Å². The zero-order valence-electron chi connectivity index (χ0n) is 15.7. The number of piperidine rings is 1. The van der Waals surface area contributed by atoms with E-state index in [9.17, 15) is 4.79 Å². The quantitative estimate of drug-likeness (QED) is 0.832. The molecule has 0 saturated carbocycles. The van der Waals surface area contributed by atoms with Gasteiger partial charge in [-0.2, -0.15) is 0 Å². The van der Waals surface area contributed by atoms with Crippen molar-refractivity contribution in [2.45, 2.75) is 32.2 Å². The molecule has 4 nitrogen and oxygen atoms in total. The third-order valence-corrected chi connectivity index (χ3v) is 5.31. The Balaban J connectivity index is 1.47. The first-order valence-electron chi connectivity index (χ1n) is 9.38. The lowest BCUT2D eigenvalue weighted by atomic mass is 9.91. The summed E-state index contributed by atoms with van der Waals surface area (Å²) in [6, 6.07) is 18.6. The summed E-state index contributed by atoms with van der Waals surface area (Å²) in [4.78, 5) is 14.9. The predicted octanol–water partition coefficient (Wildman–Crippen LogP) is 4.50. The number of likely N-dealkylation sites (tertiary alicyclic amines) is 1. The van der Waals surface area contributed by atoms with Gasteiger partial charge in [-0.1, -0.05) is 36.4 Å². The van der Waals surface area contributed by atoms with Gasteiger partial charge in [-0.3, -0.25) is 9.69 Å². The molecule has 1 amide bonds. The van der Waals surface area contributed by atoms with Crippen LogP contribution in [0.5, 0.6) is 5.75 Å². The fraction of sp³-hybridized carbons (Fsp3) is 0.409. The molecule has 1 heterocycles. The minimum absolute atomic E-state index is 0.0906. The standard InChI is InChI=1S/C22H28N2O2/c1-17(19-7-4-3-5-8-19)24-13-11-18(12-14-24)15-22(25)23-20-9-6-10-21(16-20)26-2/h3-10,16-18H,11-15H2,1-2H3,(H,23,25). The van der Waals surface area contributed by atoms with Crippen LogP contribution in [-0.2, 0) is 4.79 Å². The lowest BCUT2D eigenvalue weighted by Gasteiger charge is -2.36. The lowest BCUT2D eigenvalue weighted by Crippen LogP contribution is -2.36. The van der Waals surface area contributed by atoms with E-state index in [1.54, 1.807) is 7.11 Å². The summed E-state index contributed by atoms with van der Waals surface area (Å²) < 4.78 is 5.20. The van der Waals surface area contributed by atoms with Crippen LogP contribution in [0, 0.1) is 5.92 Å². The van der Waals surface area contributed by atoms with Gasteiger partial charge in [0.2, 0.25) is 5.91 Å². The van der Waals surface area contributed by atoms with Crippen molar-refractivity contribution in [2.75, 3.05) is 25.5 Å². The lowest BCUT2D eigenvalue weighted by molar-refractivity contribution is -0.117. The van der Waals surface area contributed by atoms with Crippen molar-refractivity contribution < 1.29 is 9.53 Å². The van der Waals surface area contributed by atoms with Gasteiger partial charge in [-0.25, -0.2) is 0 Å². The maximum atomic E-state index is 12.4. The molecule has 2 aromatic carbocycles. The highest BCUT2D eigenvalue weighted by molar-refractivity contribution is 5.91. The second kappa shape index (κ2) is 8.86. The first kappa shape index (κ1) is 18.5. The summed E-state index contributed by atoms with van der Waals surface area (Å²) in [6.45, 7) is 4.37. The number of methoxy groups -OCH3 is 1. The Kier molecular flexibility index (Phi) is 6.29. The van der Waals surface area contributed by atoms with Crippen molar-refractivity contribution in [2.24, 2.45) is 5.92 Å². The van der Waals surface area contributed by atoms with Gasteiger partial charge in [0.15, 0.2) is 0 Å². The van der Waals surface area contributed by atoms with E-state index in [2.05, 4.69) is 47.5 Å². The number of ether oxygens (including phenoxy) is 1. The molecule has 1 unspecified atom stereocenters. The largest absolute Gasteiger partial charge is 0.497 e. The van der Waals surface area contributed by atoms with E-state index in [4.69, 9.17) is 4.74 Å². The van der Waals surface area contributed by atoms with Gasteiger partial charge in [0.25, 0.3) is 0 Å². The number of carbonyl (C=O) groups excluding carboxylic acids is 1. The Morgan fingerprint density at radius 3 is 2.58 bits per heavy atom. The number of carbonyl (C=O) groups is 1. The van der Waals surface area contributed by atoms with Gasteiger partial charge >= 0.3 is 0 Å². The molecule has 3 rings (SSSR count). The highest BCUT2D eigenvalue weighted by atomic mass is 16.5. The molecule has 0 aliphatic carbocycles. The average molecular weight is 352 g/mol. The number of hydrogen-bond donors (Lipinski definition) is 1. The smallest absolute Gasteiger partial charge is 0.224 e. The number of anilines is 1. The monoisotopic (exact) mass is 352 g/mol. The molecule has 0 bridgehead atoms. The molecule has 4 heteroatoms. The van der Waals surface area contributed by atoms with Crippen molar-refractivity contribution in [1.29, 1.82) is 0 Å². The van der Waals surface area contributed by atoms with E-state index in [0.29, 0.717) is 18.4 Å². The van der Waals surface area contributed by atoms with Crippen molar-refractivity contribution in [3.63, 3.8) is 0 Å². The van der Waals surface area contributed by atoms with Gasteiger partial charge in [0.05, 0.1) is 7.11 Å². The second-order valence-electron chi connectivity index (χ2n) is 7.05. The summed E-state index contributed by atoms with van der Waals surface area (Å²) in [5.41, 5.74) is 2.16. The number of nitrogens with one attached hydrogen (secondary N) is 1. The summed E-state index contributed by atoms with van der Waals surface area (Å²) in [5.74, 6) is 1.30. The van der Waals surface area contributed by atoms with E-state index >= 15 is 0 Å². The summed E-state index contributed by atoms with van der Waals surface area (Å²) in [5, 5.41) is 2.99. The van der Waals surface area contributed by atoms with Crippen LogP contribution in [0.25, 0.3) is 0 Å². The van der Waals surface area contributed by atoms with Crippen LogP contribution in [0.1, 0.15) is 37.8 Å². The molecule has 2 aromatic rings. The van der Waals surface area contributed by atoms with E-state index in [0.717, 1.165) is 37.4 Å². The van der Waals surface area contributed by atoms with Gasteiger partial charge in [-0.15, -0.1) is 0 Å². The van der Waals surface area contributed by atoms with Crippen LogP contribution in [0.3, 0.4) is 0 Å². The van der Waals surface area contributed by atoms with Gasteiger partial charge in [-0.05, 0) is 56.5 Å². The Hall–Kier alpha value is -2.33. The van der Waals surface area contributed by atoms with E-state index < -0.39 is 0 Å². The fourth-order valence-corrected chi connectivity index (χ4v) is 3.66. The molecule has 1 saturated heterocycles. The van der Waals surface area contributed by atoms with Crippen LogP contribution in [0.15, 0.2) is 54.6 Å². The van der Waals surface area contributed by atoms with Crippen molar-refractivity contribution in [3.8, 4) is 5.75 Å². The maximum Gasteiger partial charge on any atom is 0.224 e. The number of nitrogens with zero attached hydrogens (tertiary/aromatic N) is 1. The Bertz CT molecular complexity index is 709. The number of rotatable bonds is 6. The van der Waals surface area contributed by atoms with E-state index in [-0.39, 0.29) is 5.91 Å². The molecule has 0 spiro atoms. The molecule has 1 atom stereocenters. The summed E-state index contributed by atoms with van der Waals surface area (Å²) >= 11 is 0. The first-order chi connectivity index (χ1) is 12.7. The first-order valence-corrected chi connectivity index (χ1v) is 9.38. The minimum Gasteiger partial charge on any atom is -0.497 e. The number of amides is 1. The Labute approximate surface area is 156 Å². The van der Waals surface area contributed by atoms with Gasteiger partial charge < -0.3 is 10.1 Å². The minimum atomic E-state index is 0.0906. The maximum absolute atomic E-state index is 12.4. The van der Waals surface area contributed by atoms with Gasteiger partial charge in [0.1, 0.15) is 5.75 Å². The van der Waals surface area contributed by atoms with Crippen molar-refractivity contribution in [3.05, 3.63) is 60.2 Å². The van der Waals surface area contributed by atoms with Crippen molar-refractivity contribution in [1.82, 2.24) is 4.90 Å². The van der Waals surface area contributed by atoms with Crippen LogP contribution in [0.4, 0.5) is 5.69 Å². The molecule has 1 fully saturated rings. The Morgan fingerprint density at radius 1 is 1.15 bits per heavy atom. The number of benzene rings is 2. The van der Waals surface area contributed by atoms with Crippen LogP contribution in [0.2, 0.25) is 0 Å². The topological polar surface area (TPSA) is 41.6 Å². The zero-order valence-corrected chi connectivity index (χ0v) is 15.7. The molecule has 26 heavy (non-hydrogen) atoms. The van der Waals surface area contributed by atoms with Crippen LogP contribution < -0.4 is 10.1 Å². The molecule has 0 aromatic heterocycles. The molecular weight excluding hydrogens is 324 g/mol.